The van der Waals surface area contributed by atoms with Gasteiger partial charge in [0.05, 0.1) is 11.6 Å². The molecule has 0 spiro atoms. The quantitative estimate of drug-likeness (QED) is 0.374. The summed E-state index contributed by atoms with van der Waals surface area (Å²) in [6, 6.07) is 19.2. The fraction of sp³-hybridized carbons (Fsp3) is 0.536. The predicted molar refractivity (Wildman–Crippen MR) is 124 cm³/mol. The molecule has 2 aromatic rings. The summed E-state index contributed by atoms with van der Waals surface area (Å²) in [4.78, 5) is 0. The van der Waals surface area contributed by atoms with Gasteiger partial charge in [-0.25, -0.2) is 0 Å². The highest BCUT2D eigenvalue weighted by Crippen LogP contribution is 2.38. The summed E-state index contributed by atoms with van der Waals surface area (Å²) < 4.78 is 0. The molecule has 0 bridgehead atoms. The summed E-state index contributed by atoms with van der Waals surface area (Å²) in [6.45, 7) is 2.29. The average molecular weight is 388 g/mol. The van der Waals surface area contributed by atoms with E-state index in [1.807, 2.05) is 24.3 Å². The lowest BCUT2D eigenvalue weighted by molar-refractivity contribution is 0.302. The Bertz CT molecular complexity index is 742. The number of rotatable bonds is 10. The summed E-state index contributed by atoms with van der Waals surface area (Å²) in [5, 5.41) is 8.95. The maximum absolute atomic E-state index is 8.95. The molecule has 0 aromatic heterocycles. The fourth-order valence-corrected chi connectivity index (χ4v) is 4.86. The molecular formula is C28H37N. The van der Waals surface area contributed by atoms with Crippen LogP contribution in [0.15, 0.2) is 48.5 Å². The number of benzene rings is 2. The van der Waals surface area contributed by atoms with Gasteiger partial charge in [0.1, 0.15) is 0 Å². The number of nitrogens with zero attached hydrogens (tertiary/aromatic N) is 1. The number of unbranched alkanes of at least 4 members (excludes halogenated alkanes) is 6. The standard InChI is InChI=1S/C28H37N/c1-2-3-4-5-6-7-8-9-23-10-14-25(15-11-23)27-18-20-28(21-19-27)26-16-12-24(22-29)13-17-26/h12-13,16-21,23,25H,2-11,14-15H2,1H3/t23-,25-. The van der Waals surface area contributed by atoms with E-state index >= 15 is 0 Å². The number of nitriles is 1. The molecule has 1 fully saturated rings. The van der Waals surface area contributed by atoms with Crippen molar-refractivity contribution in [3.05, 3.63) is 59.7 Å². The molecule has 0 unspecified atom stereocenters. The van der Waals surface area contributed by atoms with Crippen molar-refractivity contribution >= 4 is 0 Å². The lowest BCUT2D eigenvalue weighted by Crippen LogP contribution is -2.13. The molecule has 3 rings (SSSR count). The number of hydrogen-bond donors (Lipinski definition) is 0. The van der Waals surface area contributed by atoms with E-state index in [4.69, 9.17) is 5.26 Å². The monoisotopic (exact) mass is 387 g/mol. The molecule has 1 nitrogen and oxygen atoms in total. The minimum atomic E-state index is 0.721. The zero-order valence-electron chi connectivity index (χ0n) is 18.2. The van der Waals surface area contributed by atoms with E-state index in [-0.39, 0.29) is 0 Å². The smallest absolute Gasteiger partial charge is 0.0991 e. The normalized spacial score (nSPS) is 19.0. The second kappa shape index (κ2) is 11.8. The molecule has 0 atom stereocenters. The first-order valence-electron chi connectivity index (χ1n) is 11.9. The Kier molecular flexibility index (Phi) is 8.82. The van der Waals surface area contributed by atoms with Gasteiger partial charge in [-0.05, 0) is 66.3 Å². The van der Waals surface area contributed by atoms with Crippen LogP contribution in [0.4, 0.5) is 0 Å². The zero-order chi connectivity index (χ0) is 20.3. The Morgan fingerprint density at radius 2 is 1.28 bits per heavy atom. The Labute approximate surface area is 178 Å². The molecule has 0 heterocycles. The van der Waals surface area contributed by atoms with E-state index in [1.54, 1.807) is 0 Å². The Morgan fingerprint density at radius 3 is 1.86 bits per heavy atom. The molecule has 0 amide bonds. The molecule has 29 heavy (non-hydrogen) atoms. The molecule has 0 radical (unpaired) electrons. The van der Waals surface area contributed by atoms with Crippen molar-refractivity contribution in [2.75, 3.05) is 0 Å². The third kappa shape index (κ3) is 6.74. The van der Waals surface area contributed by atoms with Crippen molar-refractivity contribution in [1.29, 1.82) is 5.26 Å². The maximum Gasteiger partial charge on any atom is 0.0991 e. The first-order chi connectivity index (χ1) is 14.3. The first kappa shape index (κ1) is 21.6. The van der Waals surface area contributed by atoms with Crippen LogP contribution in [-0.2, 0) is 0 Å². The molecular weight excluding hydrogens is 350 g/mol. The van der Waals surface area contributed by atoms with Crippen LogP contribution >= 0.6 is 0 Å². The Morgan fingerprint density at radius 1 is 0.724 bits per heavy atom. The van der Waals surface area contributed by atoms with E-state index in [0.717, 1.165) is 17.4 Å². The van der Waals surface area contributed by atoms with Gasteiger partial charge in [0.25, 0.3) is 0 Å². The van der Waals surface area contributed by atoms with Crippen LogP contribution < -0.4 is 0 Å². The van der Waals surface area contributed by atoms with Gasteiger partial charge in [0.15, 0.2) is 0 Å². The summed E-state index contributed by atoms with van der Waals surface area (Å²) in [6.07, 6.45) is 17.0. The molecule has 154 valence electrons. The minimum absolute atomic E-state index is 0.721. The van der Waals surface area contributed by atoms with Gasteiger partial charge >= 0.3 is 0 Å². The van der Waals surface area contributed by atoms with Crippen molar-refractivity contribution in [3.63, 3.8) is 0 Å². The van der Waals surface area contributed by atoms with E-state index in [1.165, 1.54) is 93.7 Å². The molecule has 0 N–H and O–H groups in total. The highest BCUT2D eigenvalue weighted by molar-refractivity contribution is 5.64. The van der Waals surface area contributed by atoms with Gasteiger partial charge in [-0.15, -0.1) is 0 Å². The topological polar surface area (TPSA) is 23.8 Å². The van der Waals surface area contributed by atoms with E-state index in [2.05, 4.69) is 37.3 Å². The van der Waals surface area contributed by atoms with Gasteiger partial charge in [0.2, 0.25) is 0 Å². The Hall–Kier alpha value is -2.07. The van der Waals surface area contributed by atoms with Crippen molar-refractivity contribution in [2.45, 2.75) is 89.9 Å². The second-order valence-corrected chi connectivity index (χ2v) is 8.94. The van der Waals surface area contributed by atoms with E-state index < -0.39 is 0 Å². The maximum atomic E-state index is 8.95. The summed E-state index contributed by atoms with van der Waals surface area (Å²) in [7, 11) is 0. The van der Waals surface area contributed by atoms with Crippen LogP contribution in [0.25, 0.3) is 11.1 Å². The average Bonchev–Trinajstić information content (AvgIpc) is 2.79. The lowest BCUT2D eigenvalue weighted by atomic mass is 9.77. The van der Waals surface area contributed by atoms with Gasteiger partial charge in [-0.3, -0.25) is 0 Å². The zero-order valence-corrected chi connectivity index (χ0v) is 18.2. The third-order valence-corrected chi connectivity index (χ3v) is 6.79. The van der Waals surface area contributed by atoms with Gasteiger partial charge < -0.3 is 0 Å². The summed E-state index contributed by atoms with van der Waals surface area (Å²) in [5.41, 5.74) is 4.66. The largest absolute Gasteiger partial charge is 0.192 e. The number of hydrogen-bond acceptors (Lipinski definition) is 1. The van der Waals surface area contributed by atoms with Crippen LogP contribution in [0.3, 0.4) is 0 Å². The van der Waals surface area contributed by atoms with Crippen molar-refractivity contribution in [2.24, 2.45) is 5.92 Å². The van der Waals surface area contributed by atoms with Crippen LogP contribution in [-0.4, -0.2) is 0 Å². The van der Waals surface area contributed by atoms with Crippen molar-refractivity contribution in [3.8, 4) is 17.2 Å². The molecule has 0 saturated heterocycles. The SMILES string of the molecule is CCCCCCCCC[C@H]1CC[C@H](c2ccc(-c3ccc(C#N)cc3)cc2)CC1. The first-order valence-corrected chi connectivity index (χ1v) is 11.9. The summed E-state index contributed by atoms with van der Waals surface area (Å²) in [5.74, 6) is 1.72. The molecule has 1 aliphatic carbocycles. The molecule has 1 aliphatic rings. The third-order valence-electron chi connectivity index (χ3n) is 6.79. The van der Waals surface area contributed by atoms with Crippen LogP contribution in [0.5, 0.6) is 0 Å². The van der Waals surface area contributed by atoms with Crippen LogP contribution in [0.2, 0.25) is 0 Å². The molecule has 1 saturated carbocycles. The van der Waals surface area contributed by atoms with E-state index in [0.29, 0.717) is 0 Å². The van der Waals surface area contributed by atoms with Crippen molar-refractivity contribution < 1.29 is 0 Å². The predicted octanol–water partition coefficient (Wildman–Crippen LogP) is 8.64. The van der Waals surface area contributed by atoms with Crippen LogP contribution in [0, 0.1) is 17.2 Å². The molecule has 0 aliphatic heterocycles. The second-order valence-electron chi connectivity index (χ2n) is 8.94. The molecule has 2 aromatic carbocycles. The highest BCUT2D eigenvalue weighted by Gasteiger charge is 2.22. The Balaban J connectivity index is 1.40. The summed E-state index contributed by atoms with van der Waals surface area (Å²) >= 11 is 0. The van der Waals surface area contributed by atoms with Crippen LogP contribution in [0.1, 0.15) is 101 Å². The van der Waals surface area contributed by atoms with Gasteiger partial charge in [-0.1, -0.05) is 94.7 Å². The van der Waals surface area contributed by atoms with E-state index in [9.17, 15) is 0 Å². The molecule has 1 heteroatoms. The van der Waals surface area contributed by atoms with Gasteiger partial charge in [-0.2, -0.15) is 5.26 Å². The van der Waals surface area contributed by atoms with Gasteiger partial charge in [0, 0.05) is 0 Å². The van der Waals surface area contributed by atoms with Crippen molar-refractivity contribution in [1.82, 2.24) is 0 Å². The minimum Gasteiger partial charge on any atom is -0.192 e. The fourth-order valence-electron chi connectivity index (χ4n) is 4.86. The lowest BCUT2D eigenvalue weighted by Gasteiger charge is -2.29. The highest BCUT2D eigenvalue weighted by atomic mass is 14.3.